The van der Waals surface area contributed by atoms with Gasteiger partial charge in [0.15, 0.2) is 5.69 Å². The van der Waals surface area contributed by atoms with Gasteiger partial charge in [0.05, 0.1) is 6.54 Å². The molecular formula is C13H13N3O3. The van der Waals surface area contributed by atoms with E-state index in [0.717, 1.165) is 5.56 Å². The monoisotopic (exact) mass is 259 g/mol. The first kappa shape index (κ1) is 13.0. The van der Waals surface area contributed by atoms with Crippen LogP contribution in [0.15, 0.2) is 24.4 Å². The van der Waals surface area contributed by atoms with Crippen molar-refractivity contribution in [1.82, 2.24) is 4.98 Å². The van der Waals surface area contributed by atoms with Crippen LogP contribution in [0.3, 0.4) is 0 Å². The molecule has 2 rings (SSSR count). The molecule has 0 saturated carbocycles. The van der Waals surface area contributed by atoms with Crippen molar-refractivity contribution in [2.24, 2.45) is 5.73 Å². The maximum Gasteiger partial charge on any atom is 0.355 e. The summed E-state index contributed by atoms with van der Waals surface area (Å²) in [4.78, 5) is 26.4. The number of benzene rings is 1. The van der Waals surface area contributed by atoms with Crippen molar-refractivity contribution in [3.63, 3.8) is 0 Å². The van der Waals surface area contributed by atoms with E-state index in [1.54, 1.807) is 18.2 Å². The van der Waals surface area contributed by atoms with Gasteiger partial charge < -0.3 is 16.2 Å². The van der Waals surface area contributed by atoms with Gasteiger partial charge in [-0.3, -0.25) is 4.79 Å². The van der Waals surface area contributed by atoms with Crippen molar-refractivity contribution < 1.29 is 14.7 Å². The Bertz CT molecular complexity index is 667. The molecule has 0 atom stereocenters. The van der Waals surface area contributed by atoms with Crippen LogP contribution in [-0.4, -0.2) is 28.5 Å². The number of pyridine rings is 1. The summed E-state index contributed by atoms with van der Waals surface area (Å²) in [6.45, 7) is 1.68. The quantitative estimate of drug-likeness (QED) is 0.766. The predicted octanol–water partition coefficient (Wildman–Crippen LogP) is 1.14. The summed E-state index contributed by atoms with van der Waals surface area (Å²) in [6.07, 6.45) is 1.40. The average molecular weight is 259 g/mol. The van der Waals surface area contributed by atoms with Crippen LogP contribution in [0.2, 0.25) is 0 Å². The molecule has 0 aliphatic rings. The first-order chi connectivity index (χ1) is 9.02. The lowest BCUT2D eigenvalue weighted by atomic mass is 10.0. The van der Waals surface area contributed by atoms with E-state index in [-0.39, 0.29) is 18.1 Å². The number of aryl methyl sites for hydroxylation is 1. The number of nitrogens with one attached hydrogen (secondary N) is 1. The Kier molecular flexibility index (Phi) is 3.43. The standard InChI is InChI=1S/C13H13N3O3/c1-7-4-9-8(2-3-15-12(9)13(18)19)10(5-7)16-11(17)6-14/h2-5H,6,14H2,1H3,(H,16,17)(H,18,19). The number of carboxylic acids is 1. The number of nitrogens with two attached hydrogens (primary N) is 1. The van der Waals surface area contributed by atoms with E-state index < -0.39 is 5.97 Å². The number of carboxylic acid groups (broad SMARTS) is 1. The average Bonchev–Trinajstić information content (AvgIpc) is 2.37. The van der Waals surface area contributed by atoms with E-state index in [2.05, 4.69) is 10.3 Å². The third-order valence-corrected chi connectivity index (χ3v) is 2.69. The molecule has 4 N–H and O–H groups in total. The first-order valence-corrected chi connectivity index (χ1v) is 5.65. The lowest BCUT2D eigenvalue weighted by molar-refractivity contribution is -0.114. The van der Waals surface area contributed by atoms with Crippen LogP contribution in [0.4, 0.5) is 5.69 Å². The summed E-state index contributed by atoms with van der Waals surface area (Å²) in [5.74, 6) is -1.44. The Morgan fingerprint density at radius 1 is 1.37 bits per heavy atom. The van der Waals surface area contributed by atoms with Crippen molar-refractivity contribution in [2.45, 2.75) is 6.92 Å². The van der Waals surface area contributed by atoms with Gasteiger partial charge in [-0.15, -0.1) is 0 Å². The van der Waals surface area contributed by atoms with E-state index in [0.29, 0.717) is 16.5 Å². The number of anilines is 1. The fraction of sp³-hybridized carbons (Fsp3) is 0.154. The van der Waals surface area contributed by atoms with E-state index in [9.17, 15) is 9.59 Å². The second-order valence-electron chi connectivity index (χ2n) is 4.12. The van der Waals surface area contributed by atoms with E-state index >= 15 is 0 Å². The van der Waals surface area contributed by atoms with Gasteiger partial charge >= 0.3 is 5.97 Å². The number of rotatable bonds is 3. The van der Waals surface area contributed by atoms with Crippen LogP contribution in [0.1, 0.15) is 16.1 Å². The van der Waals surface area contributed by atoms with E-state index in [4.69, 9.17) is 10.8 Å². The summed E-state index contributed by atoms with van der Waals surface area (Å²) < 4.78 is 0. The molecule has 0 fully saturated rings. The third-order valence-electron chi connectivity index (χ3n) is 2.69. The number of nitrogens with zero attached hydrogens (tertiary/aromatic N) is 1. The molecule has 0 unspecified atom stereocenters. The summed E-state index contributed by atoms with van der Waals surface area (Å²) >= 11 is 0. The fourth-order valence-electron chi connectivity index (χ4n) is 1.90. The van der Waals surface area contributed by atoms with Gasteiger partial charge in [0.2, 0.25) is 5.91 Å². The lowest BCUT2D eigenvalue weighted by Gasteiger charge is -2.10. The Morgan fingerprint density at radius 2 is 2.11 bits per heavy atom. The lowest BCUT2D eigenvalue weighted by Crippen LogP contribution is -2.22. The summed E-state index contributed by atoms with van der Waals surface area (Å²) in [5, 5.41) is 12.9. The molecule has 98 valence electrons. The summed E-state index contributed by atoms with van der Waals surface area (Å²) in [6, 6.07) is 5.15. The molecule has 1 amide bonds. The molecule has 1 aromatic carbocycles. The molecule has 2 aromatic rings. The normalized spacial score (nSPS) is 10.4. The van der Waals surface area contributed by atoms with Gasteiger partial charge in [0.25, 0.3) is 0 Å². The highest BCUT2D eigenvalue weighted by atomic mass is 16.4. The van der Waals surface area contributed by atoms with Gasteiger partial charge in [-0.1, -0.05) is 0 Å². The topological polar surface area (TPSA) is 105 Å². The predicted molar refractivity (Wildman–Crippen MR) is 71.1 cm³/mol. The summed E-state index contributed by atoms with van der Waals surface area (Å²) in [5.41, 5.74) is 6.59. The minimum atomic E-state index is -1.10. The molecule has 1 aromatic heterocycles. The highest BCUT2D eigenvalue weighted by Crippen LogP contribution is 2.27. The molecule has 0 bridgehead atoms. The van der Waals surface area contributed by atoms with Crippen molar-refractivity contribution in [1.29, 1.82) is 0 Å². The minimum Gasteiger partial charge on any atom is -0.476 e. The zero-order valence-corrected chi connectivity index (χ0v) is 10.3. The van der Waals surface area contributed by atoms with Crippen molar-refractivity contribution in [2.75, 3.05) is 11.9 Å². The van der Waals surface area contributed by atoms with Crippen LogP contribution in [0, 0.1) is 6.92 Å². The van der Waals surface area contributed by atoms with Crippen LogP contribution in [0.25, 0.3) is 10.8 Å². The SMILES string of the molecule is Cc1cc(NC(=O)CN)c2ccnc(C(=O)O)c2c1. The van der Waals surface area contributed by atoms with E-state index in [1.165, 1.54) is 6.20 Å². The van der Waals surface area contributed by atoms with Crippen molar-refractivity contribution in [3.8, 4) is 0 Å². The number of aromatic nitrogens is 1. The van der Waals surface area contributed by atoms with E-state index in [1.807, 2.05) is 6.92 Å². The van der Waals surface area contributed by atoms with Crippen LogP contribution < -0.4 is 11.1 Å². The highest BCUT2D eigenvalue weighted by molar-refractivity contribution is 6.09. The highest BCUT2D eigenvalue weighted by Gasteiger charge is 2.13. The molecular weight excluding hydrogens is 246 g/mol. The van der Waals surface area contributed by atoms with Crippen LogP contribution in [0.5, 0.6) is 0 Å². The first-order valence-electron chi connectivity index (χ1n) is 5.65. The largest absolute Gasteiger partial charge is 0.476 e. The number of fused-ring (bicyclic) bond motifs is 1. The molecule has 6 nitrogen and oxygen atoms in total. The number of carbonyl (C=O) groups excluding carboxylic acids is 1. The molecule has 0 aliphatic carbocycles. The maximum atomic E-state index is 11.4. The van der Waals surface area contributed by atoms with Crippen LogP contribution in [-0.2, 0) is 4.79 Å². The number of carbonyl (C=O) groups is 2. The van der Waals surface area contributed by atoms with Gasteiger partial charge in [0.1, 0.15) is 0 Å². The van der Waals surface area contributed by atoms with Gasteiger partial charge in [0, 0.05) is 22.7 Å². The molecule has 6 heteroatoms. The Morgan fingerprint density at radius 3 is 2.74 bits per heavy atom. The zero-order chi connectivity index (χ0) is 14.0. The molecule has 0 saturated heterocycles. The Hall–Kier alpha value is -2.47. The Labute approximate surface area is 109 Å². The molecule has 0 radical (unpaired) electrons. The van der Waals surface area contributed by atoms with Gasteiger partial charge in [-0.05, 0) is 30.7 Å². The summed E-state index contributed by atoms with van der Waals surface area (Å²) in [7, 11) is 0. The number of hydrogen-bond acceptors (Lipinski definition) is 4. The molecule has 0 aliphatic heterocycles. The minimum absolute atomic E-state index is 0.0375. The van der Waals surface area contributed by atoms with Crippen molar-refractivity contribution >= 4 is 28.3 Å². The number of hydrogen-bond donors (Lipinski definition) is 3. The third kappa shape index (κ3) is 2.53. The zero-order valence-electron chi connectivity index (χ0n) is 10.3. The fourth-order valence-corrected chi connectivity index (χ4v) is 1.90. The molecule has 1 heterocycles. The number of amides is 1. The van der Waals surface area contributed by atoms with Gasteiger partial charge in [-0.2, -0.15) is 0 Å². The van der Waals surface area contributed by atoms with Crippen molar-refractivity contribution in [3.05, 3.63) is 35.7 Å². The molecule has 19 heavy (non-hydrogen) atoms. The molecule has 0 spiro atoms. The van der Waals surface area contributed by atoms with Crippen LogP contribution >= 0.6 is 0 Å². The number of aromatic carboxylic acids is 1. The maximum absolute atomic E-state index is 11.4. The van der Waals surface area contributed by atoms with Gasteiger partial charge in [-0.25, -0.2) is 9.78 Å². The second-order valence-corrected chi connectivity index (χ2v) is 4.12. The Balaban J connectivity index is 2.68. The smallest absolute Gasteiger partial charge is 0.355 e. The second kappa shape index (κ2) is 5.03.